The van der Waals surface area contributed by atoms with E-state index in [0.717, 1.165) is 27.1 Å². The minimum Gasteiger partial charge on any atom is -0.454 e. The predicted octanol–water partition coefficient (Wildman–Crippen LogP) is 0.749. The van der Waals surface area contributed by atoms with Gasteiger partial charge < -0.3 is 10.5 Å². The van der Waals surface area contributed by atoms with E-state index < -0.39 is 56.6 Å². The molecule has 2 rings (SSSR count). The summed E-state index contributed by atoms with van der Waals surface area (Å²) in [5, 5.41) is 0. The largest absolute Gasteiger partial charge is 0.454 e. The number of halogens is 1. The molecule has 0 atom stereocenters. The highest BCUT2D eigenvalue weighted by Gasteiger charge is 2.26. The molecular formula is C21H27FN4O7S. The number of ether oxygens (including phenoxy) is 1. The Hall–Kier alpha value is -3.32. The Balaban J connectivity index is 2.35. The summed E-state index contributed by atoms with van der Waals surface area (Å²) >= 11 is 0. The van der Waals surface area contributed by atoms with E-state index in [2.05, 4.69) is 0 Å². The summed E-state index contributed by atoms with van der Waals surface area (Å²) < 4.78 is 47.4. The number of hydrogen-bond acceptors (Lipinski definition) is 8. The van der Waals surface area contributed by atoms with E-state index in [9.17, 15) is 32.0 Å². The highest BCUT2D eigenvalue weighted by atomic mass is 32.2. The molecule has 1 heterocycles. The summed E-state index contributed by atoms with van der Waals surface area (Å²) in [4.78, 5) is 49.4. The lowest BCUT2D eigenvalue weighted by molar-refractivity contribution is 0.0469. The quantitative estimate of drug-likeness (QED) is 0.372. The van der Waals surface area contributed by atoms with Crippen LogP contribution < -0.4 is 17.0 Å². The van der Waals surface area contributed by atoms with Gasteiger partial charge in [-0.3, -0.25) is 18.7 Å². The van der Waals surface area contributed by atoms with E-state index in [1.807, 2.05) is 0 Å². The molecule has 34 heavy (non-hydrogen) atoms. The molecule has 13 heteroatoms. The highest BCUT2D eigenvalue weighted by molar-refractivity contribution is 7.89. The molecular weight excluding hydrogens is 471 g/mol. The van der Waals surface area contributed by atoms with E-state index in [-0.39, 0.29) is 30.3 Å². The fraction of sp³-hybridized carbons (Fsp3) is 0.429. The van der Waals surface area contributed by atoms with Gasteiger partial charge in [0.05, 0.1) is 10.5 Å². The first-order valence-electron chi connectivity index (χ1n) is 10.5. The van der Waals surface area contributed by atoms with Crippen molar-refractivity contribution in [2.75, 3.05) is 25.4 Å². The fourth-order valence-corrected chi connectivity index (χ4v) is 4.78. The first-order valence-corrected chi connectivity index (χ1v) is 12.0. The maximum atomic E-state index is 14.3. The second-order valence-corrected chi connectivity index (χ2v) is 9.23. The molecule has 0 aliphatic heterocycles. The number of esters is 1. The van der Waals surface area contributed by atoms with Gasteiger partial charge in [0, 0.05) is 26.7 Å². The molecule has 0 saturated carbocycles. The van der Waals surface area contributed by atoms with Crippen LogP contribution in [0.2, 0.25) is 0 Å². The normalized spacial score (nSPS) is 11.6. The van der Waals surface area contributed by atoms with Crippen molar-refractivity contribution in [1.29, 1.82) is 0 Å². The van der Waals surface area contributed by atoms with Crippen LogP contribution >= 0.6 is 0 Å². The minimum absolute atomic E-state index is 0.151. The van der Waals surface area contributed by atoms with E-state index in [0.29, 0.717) is 11.0 Å². The third-order valence-electron chi connectivity index (χ3n) is 5.14. The number of hydrogen-bond donors (Lipinski definition) is 1. The topological polar surface area (TPSA) is 151 Å². The molecule has 1 aromatic carbocycles. The number of nitrogen functional groups attached to an aromatic ring is 1. The molecule has 0 radical (unpaired) electrons. The standard InChI is InChI=1S/C21H27FN4O7S/c1-5-10-26-18(23)17(19(28)24(4)21(26)30)16(27)12-33-20(29)14-11-13(8-9-15(14)22)34(31,32)25(6-2)7-3/h8-9,11H,5-7,10,12,23H2,1-4H3. The molecule has 0 fully saturated rings. The summed E-state index contributed by atoms with van der Waals surface area (Å²) in [6, 6.07) is 2.65. The van der Waals surface area contributed by atoms with E-state index in [1.54, 1.807) is 20.8 Å². The van der Waals surface area contributed by atoms with Crippen molar-refractivity contribution >= 4 is 27.6 Å². The molecule has 0 aliphatic carbocycles. The van der Waals surface area contributed by atoms with Crippen LogP contribution in [0, 0.1) is 5.82 Å². The molecule has 0 spiro atoms. The van der Waals surface area contributed by atoms with E-state index in [4.69, 9.17) is 10.5 Å². The third-order valence-corrected chi connectivity index (χ3v) is 7.19. The van der Waals surface area contributed by atoms with Gasteiger partial charge in [-0.05, 0) is 24.6 Å². The number of carbonyl (C=O) groups excluding carboxylic acids is 2. The Labute approximate surface area is 195 Å². The molecule has 11 nitrogen and oxygen atoms in total. The fourth-order valence-electron chi connectivity index (χ4n) is 3.30. The summed E-state index contributed by atoms with van der Waals surface area (Å²) in [6.07, 6.45) is 0.497. The zero-order valence-corrected chi connectivity index (χ0v) is 20.1. The number of ketones is 1. The van der Waals surface area contributed by atoms with Crippen molar-refractivity contribution in [3.05, 3.63) is 56.0 Å². The number of nitrogens with two attached hydrogens (primary N) is 1. The zero-order chi connectivity index (χ0) is 25.8. The Kier molecular flexibility index (Phi) is 8.51. The number of sulfonamides is 1. The van der Waals surface area contributed by atoms with Gasteiger partial charge in [0.2, 0.25) is 15.8 Å². The average molecular weight is 499 g/mol. The van der Waals surface area contributed by atoms with Gasteiger partial charge in [-0.25, -0.2) is 22.4 Å². The second kappa shape index (κ2) is 10.7. The summed E-state index contributed by atoms with van der Waals surface area (Å²) in [5.74, 6) is -3.72. The molecule has 0 unspecified atom stereocenters. The lowest BCUT2D eigenvalue weighted by atomic mass is 10.2. The van der Waals surface area contributed by atoms with Crippen LogP contribution in [0.25, 0.3) is 0 Å². The number of carbonyl (C=O) groups is 2. The molecule has 2 aromatic rings. The molecule has 2 N–H and O–H groups in total. The number of nitrogens with zero attached hydrogens (tertiary/aromatic N) is 3. The first kappa shape index (κ1) is 26.9. The molecule has 0 saturated heterocycles. The van der Waals surface area contributed by atoms with Crippen LogP contribution in [0.15, 0.2) is 32.7 Å². The summed E-state index contributed by atoms with van der Waals surface area (Å²) in [6.45, 7) is 4.54. The molecule has 0 amide bonds. The lowest BCUT2D eigenvalue weighted by Gasteiger charge is -2.18. The van der Waals surface area contributed by atoms with Gasteiger partial charge in [0.1, 0.15) is 17.2 Å². The van der Waals surface area contributed by atoms with Crippen molar-refractivity contribution in [2.24, 2.45) is 7.05 Å². The maximum Gasteiger partial charge on any atom is 0.341 e. The SMILES string of the molecule is CCCn1c(N)c(C(=O)COC(=O)c2cc(S(=O)(=O)N(CC)CC)ccc2F)c(=O)n(C)c1=O. The van der Waals surface area contributed by atoms with Crippen LogP contribution in [-0.2, 0) is 28.4 Å². The van der Waals surface area contributed by atoms with Gasteiger partial charge in [0.15, 0.2) is 6.61 Å². The molecule has 1 aromatic heterocycles. The molecule has 0 aliphatic rings. The van der Waals surface area contributed by atoms with Crippen molar-refractivity contribution in [3.8, 4) is 0 Å². The van der Waals surface area contributed by atoms with Crippen LogP contribution in [-0.4, -0.2) is 53.3 Å². The van der Waals surface area contributed by atoms with Crippen molar-refractivity contribution < 1.29 is 27.1 Å². The van der Waals surface area contributed by atoms with Crippen molar-refractivity contribution in [1.82, 2.24) is 13.4 Å². The third kappa shape index (κ3) is 5.09. The zero-order valence-electron chi connectivity index (χ0n) is 19.3. The Morgan fingerprint density at radius 2 is 1.76 bits per heavy atom. The van der Waals surface area contributed by atoms with Gasteiger partial charge >= 0.3 is 11.7 Å². The van der Waals surface area contributed by atoms with Crippen LogP contribution in [0.4, 0.5) is 10.2 Å². The van der Waals surface area contributed by atoms with Gasteiger partial charge in [-0.15, -0.1) is 0 Å². The summed E-state index contributed by atoms with van der Waals surface area (Å²) in [7, 11) is -2.80. The monoisotopic (exact) mass is 498 g/mol. The number of anilines is 1. The number of Topliss-reactive ketones (excluding diaryl/α,β-unsaturated/α-hetero) is 1. The minimum atomic E-state index is -3.98. The maximum absolute atomic E-state index is 14.3. The summed E-state index contributed by atoms with van der Waals surface area (Å²) in [5.41, 5.74) is 2.96. The lowest BCUT2D eigenvalue weighted by Crippen LogP contribution is -2.43. The number of aromatic nitrogens is 2. The smallest absolute Gasteiger partial charge is 0.341 e. The average Bonchev–Trinajstić information content (AvgIpc) is 2.79. The molecule has 0 bridgehead atoms. The molecule has 186 valence electrons. The Bertz CT molecular complexity index is 1330. The number of benzene rings is 1. The Morgan fingerprint density at radius 3 is 2.32 bits per heavy atom. The van der Waals surface area contributed by atoms with Crippen molar-refractivity contribution in [3.63, 3.8) is 0 Å². The predicted molar refractivity (Wildman–Crippen MR) is 122 cm³/mol. The van der Waals surface area contributed by atoms with Crippen LogP contribution in [0.1, 0.15) is 47.9 Å². The van der Waals surface area contributed by atoms with Gasteiger partial charge in [-0.2, -0.15) is 4.31 Å². The van der Waals surface area contributed by atoms with Crippen LogP contribution in [0.3, 0.4) is 0 Å². The highest BCUT2D eigenvalue weighted by Crippen LogP contribution is 2.20. The van der Waals surface area contributed by atoms with Crippen LogP contribution in [0.5, 0.6) is 0 Å². The Morgan fingerprint density at radius 1 is 1.15 bits per heavy atom. The van der Waals surface area contributed by atoms with Gasteiger partial charge in [0.25, 0.3) is 5.56 Å². The van der Waals surface area contributed by atoms with E-state index in [1.165, 1.54) is 7.05 Å². The van der Waals surface area contributed by atoms with Gasteiger partial charge in [-0.1, -0.05) is 20.8 Å². The van der Waals surface area contributed by atoms with Crippen molar-refractivity contribution in [2.45, 2.75) is 38.6 Å². The first-order chi connectivity index (χ1) is 15.9. The number of rotatable bonds is 10. The van der Waals surface area contributed by atoms with E-state index >= 15 is 0 Å². The second-order valence-electron chi connectivity index (χ2n) is 7.29.